The molecule has 2 nitrogen and oxygen atoms in total. The van der Waals surface area contributed by atoms with Gasteiger partial charge in [-0.05, 0) is 51.2 Å². The Morgan fingerprint density at radius 3 is 2.94 bits per heavy atom. The van der Waals surface area contributed by atoms with Crippen molar-refractivity contribution in [1.29, 1.82) is 0 Å². The summed E-state index contributed by atoms with van der Waals surface area (Å²) in [6.45, 7) is 5.11. The van der Waals surface area contributed by atoms with Crippen LogP contribution in [0.3, 0.4) is 0 Å². The van der Waals surface area contributed by atoms with Gasteiger partial charge in [-0.2, -0.15) is 0 Å². The van der Waals surface area contributed by atoms with Crippen molar-refractivity contribution in [2.45, 2.75) is 51.7 Å². The van der Waals surface area contributed by atoms with Crippen molar-refractivity contribution < 1.29 is 9.84 Å². The number of hydrogen-bond donors (Lipinski definition) is 1. The van der Waals surface area contributed by atoms with E-state index >= 15 is 0 Å². The van der Waals surface area contributed by atoms with E-state index in [-0.39, 0.29) is 6.10 Å². The summed E-state index contributed by atoms with van der Waals surface area (Å²) in [6, 6.07) is 2.11. The summed E-state index contributed by atoms with van der Waals surface area (Å²) in [7, 11) is 0. The van der Waals surface area contributed by atoms with E-state index in [1.54, 1.807) is 11.3 Å². The molecule has 1 fully saturated rings. The molecule has 2 rings (SSSR count). The molecular formula is C13H20O2S. The molecule has 1 aromatic heterocycles. The fourth-order valence-corrected chi connectivity index (χ4v) is 3.19. The maximum Gasteiger partial charge on any atom is 0.0883 e. The van der Waals surface area contributed by atoms with E-state index in [4.69, 9.17) is 4.74 Å². The highest BCUT2D eigenvalue weighted by Gasteiger charge is 2.18. The fourth-order valence-electron chi connectivity index (χ4n) is 2.12. The summed E-state index contributed by atoms with van der Waals surface area (Å²) < 4.78 is 5.56. The predicted octanol–water partition coefficient (Wildman–Crippen LogP) is 3.36. The molecule has 3 heteroatoms. The molecule has 1 aliphatic rings. The molecule has 0 aliphatic carbocycles. The lowest BCUT2D eigenvalue weighted by Gasteiger charge is -2.12. The summed E-state index contributed by atoms with van der Waals surface area (Å²) >= 11 is 1.71. The molecule has 2 unspecified atom stereocenters. The van der Waals surface area contributed by atoms with E-state index in [0.29, 0.717) is 6.10 Å². The van der Waals surface area contributed by atoms with Crippen molar-refractivity contribution in [3.63, 3.8) is 0 Å². The van der Waals surface area contributed by atoms with Crippen molar-refractivity contribution in [1.82, 2.24) is 0 Å². The average molecular weight is 240 g/mol. The Kier molecular flexibility index (Phi) is 4.00. The Balaban J connectivity index is 1.84. The first-order valence-corrected chi connectivity index (χ1v) is 6.85. The van der Waals surface area contributed by atoms with Crippen LogP contribution in [0.5, 0.6) is 0 Å². The molecule has 0 radical (unpaired) electrons. The molecule has 0 saturated carbocycles. The minimum absolute atomic E-state index is 0.304. The Bertz CT molecular complexity index is 320. The summed E-state index contributed by atoms with van der Waals surface area (Å²) in [4.78, 5) is 2.42. The molecule has 1 aliphatic heterocycles. The van der Waals surface area contributed by atoms with Crippen LogP contribution in [0.2, 0.25) is 0 Å². The molecule has 2 heterocycles. The minimum atomic E-state index is -0.304. The molecule has 1 N–H and O–H groups in total. The summed E-state index contributed by atoms with van der Waals surface area (Å²) in [6.07, 6.45) is 4.23. The standard InChI is InChI=1S/C13H20O2S/c1-9-8-13(16-10(9)2)12(14)6-5-11-4-3-7-15-11/h8,11-12,14H,3-7H2,1-2H3. The maximum atomic E-state index is 10.1. The Morgan fingerprint density at radius 2 is 2.38 bits per heavy atom. The number of aryl methyl sites for hydroxylation is 2. The smallest absolute Gasteiger partial charge is 0.0883 e. The highest BCUT2D eigenvalue weighted by Crippen LogP contribution is 2.30. The Labute approximate surface area is 101 Å². The molecule has 90 valence electrons. The van der Waals surface area contributed by atoms with E-state index in [0.717, 1.165) is 30.7 Å². The molecule has 0 spiro atoms. The van der Waals surface area contributed by atoms with Crippen molar-refractivity contribution in [3.05, 3.63) is 21.4 Å². The van der Waals surface area contributed by atoms with Gasteiger partial charge in [-0.15, -0.1) is 11.3 Å². The number of thiophene rings is 1. The van der Waals surface area contributed by atoms with E-state index in [2.05, 4.69) is 19.9 Å². The number of rotatable bonds is 4. The van der Waals surface area contributed by atoms with Gasteiger partial charge < -0.3 is 9.84 Å². The van der Waals surface area contributed by atoms with Crippen LogP contribution in [0.15, 0.2) is 6.07 Å². The SMILES string of the molecule is Cc1cc(C(O)CCC2CCCO2)sc1C. The van der Waals surface area contributed by atoms with Gasteiger partial charge in [0.2, 0.25) is 0 Å². The van der Waals surface area contributed by atoms with Gasteiger partial charge in [-0.1, -0.05) is 0 Å². The van der Waals surface area contributed by atoms with Gasteiger partial charge >= 0.3 is 0 Å². The highest BCUT2D eigenvalue weighted by atomic mass is 32.1. The lowest BCUT2D eigenvalue weighted by molar-refractivity contribution is 0.0820. The first-order valence-electron chi connectivity index (χ1n) is 6.03. The first kappa shape index (κ1) is 12.1. The number of ether oxygens (including phenoxy) is 1. The summed E-state index contributed by atoms with van der Waals surface area (Å²) in [5.74, 6) is 0. The van der Waals surface area contributed by atoms with E-state index in [1.165, 1.54) is 16.9 Å². The second kappa shape index (κ2) is 5.30. The van der Waals surface area contributed by atoms with Crippen LogP contribution in [0.1, 0.15) is 47.1 Å². The minimum Gasteiger partial charge on any atom is -0.388 e. The van der Waals surface area contributed by atoms with Crippen LogP contribution >= 0.6 is 11.3 Å². The third-order valence-corrected chi connectivity index (χ3v) is 4.55. The monoisotopic (exact) mass is 240 g/mol. The third-order valence-electron chi connectivity index (χ3n) is 3.30. The maximum absolute atomic E-state index is 10.1. The van der Waals surface area contributed by atoms with Crippen molar-refractivity contribution in [2.75, 3.05) is 6.61 Å². The lowest BCUT2D eigenvalue weighted by Crippen LogP contribution is -2.07. The molecular weight excluding hydrogens is 220 g/mol. The second-order valence-corrected chi connectivity index (χ2v) is 5.90. The molecule has 0 aromatic carbocycles. The zero-order valence-electron chi connectivity index (χ0n) is 10.0. The molecule has 0 bridgehead atoms. The number of hydrogen-bond acceptors (Lipinski definition) is 3. The first-order chi connectivity index (χ1) is 7.66. The van der Waals surface area contributed by atoms with E-state index in [1.807, 2.05) is 0 Å². The molecule has 0 amide bonds. The van der Waals surface area contributed by atoms with Gasteiger partial charge in [-0.25, -0.2) is 0 Å². The lowest BCUT2D eigenvalue weighted by atomic mass is 10.1. The number of aliphatic hydroxyl groups excluding tert-OH is 1. The summed E-state index contributed by atoms with van der Waals surface area (Å²) in [5.41, 5.74) is 1.29. The van der Waals surface area contributed by atoms with Gasteiger partial charge in [0.15, 0.2) is 0 Å². The van der Waals surface area contributed by atoms with Crippen LogP contribution < -0.4 is 0 Å². The molecule has 1 saturated heterocycles. The van der Waals surface area contributed by atoms with Gasteiger partial charge in [0.05, 0.1) is 12.2 Å². The van der Waals surface area contributed by atoms with Crippen molar-refractivity contribution in [3.8, 4) is 0 Å². The van der Waals surface area contributed by atoms with Crippen LogP contribution in [0, 0.1) is 13.8 Å². The number of aliphatic hydroxyl groups is 1. The summed E-state index contributed by atoms with van der Waals surface area (Å²) in [5, 5.41) is 10.1. The topological polar surface area (TPSA) is 29.5 Å². The van der Waals surface area contributed by atoms with Crippen LogP contribution in [0.25, 0.3) is 0 Å². The van der Waals surface area contributed by atoms with E-state index in [9.17, 15) is 5.11 Å². The zero-order chi connectivity index (χ0) is 11.5. The molecule has 16 heavy (non-hydrogen) atoms. The van der Waals surface area contributed by atoms with Crippen LogP contribution in [0.4, 0.5) is 0 Å². The molecule has 1 aromatic rings. The third kappa shape index (κ3) is 2.84. The zero-order valence-corrected chi connectivity index (χ0v) is 10.8. The van der Waals surface area contributed by atoms with Gasteiger partial charge in [0, 0.05) is 16.4 Å². The molecule has 2 atom stereocenters. The van der Waals surface area contributed by atoms with Crippen LogP contribution in [-0.4, -0.2) is 17.8 Å². The Morgan fingerprint density at radius 1 is 1.56 bits per heavy atom. The van der Waals surface area contributed by atoms with Gasteiger partial charge in [-0.3, -0.25) is 0 Å². The van der Waals surface area contributed by atoms with Gasteiger partial charge in [0.25, 0.3) is 0 Å². The average Bonchev–Trinajstić information content (AvgIpc) is 2.86. The fraction of sp³-hybridized carbons (Fsp3) is 0.692. The Hall–Kier alpha value is -0.380. The second-order valence-electron chi connectivity index (χ2n) is 4.62. The van der Waals surface area contributed by atoms with Crippen molar-refractivity contribution in [2.24, 2.45) is 0 Å². The van der Waals surface area contributed by atoms with Gasteiger partial charge in [0.1, 0.15) is 0 Å². The van der Waals surface area contributed by atoms with E-state index < -0.39 is 0 Å². The highest BCUT2D eigenvalue weighted by molar-refractivity contribution is 7.12. The van der Waals surface area contributed by atoms with Crippen LogP contribution in [-0.2, 0) is 4.74 Å². The normalized spacial score (nSPS) is 22.6. The predicted molar refractivity (Wildman–Crippen MR) is 67.0 cm³/mol. The quantitative estimate of drug-likeness (QED) is 0.874. The largest absolute Gasteiger partial charge is 0.388 e. The van der Waals surface area contributed by atoms with Crippen molar-refractivity contribution >= 4 is 11.3 Å².